The minimum atomic E-state index is -4.03. The number of rotatable bonds is 5. The smallest absolute Gasteiger partial charge is 0.261 e. The Morgan fingerprint density at radius 1 is 1.45 bits per heavy atom. The molecule has 0 spiro atoms. The summed E-state index contributed by atoms with van der Waals surface area (Å²) in [7, 11) is 2.61. The summed E-state index contributed by atoms with van der Waals surface area (Å²) in [5.41, 5.74) is -1.12. The first-order valence-corrected chi connectivity index (χ1v) is 7.93. The van der Waals surface area contributed by atoms with Crippen LogP contribution < -0.4 is 5.32 Å². The zero-order chi connectivity index (χ0) is 15.6. The van der Waals surface area contributed by atoms with Gasteiger partial charge in [0.05, 0.1) is 22.6 Å². The topological polar surface area (TPSA) is 72.5 Å². The Hall–Kier alpha value is -1.18. The van der Waals surface area contributed by atoms with E-state index in [1.165, 1.54) is 7.11 Å². The van der Waals surface area contributed by atoms with Gasteiger partial charge in [-0.05, 0) is 32.0 Å². The monoisotopic (exact) mass is 323 g/mol. The Morgan fingerprint density at radius 2 is 2.05 bits per heavy atom. The van der Waals surface area contributed by atoms with Gasteiger partial charge in [0.15, 0.2) is 0 Å². The highest BCUT2D eigenvalue weighted by Gasteiger charge is 2.24. The van der Waals surface area contributed by atoms with Crippen LogP contribution in [-0.2, 0) is 13.8 Å². The summed E-state index contributed by atoms with van der Waals surface area (Å²) >= 11 is 0. The number of nitrogens with one attached hydrogen (secondary N) is 1. The predicted molar refractivity (Wildman–Crippen MR) is 72.9 cm³/mol. The number of carbonyl (C=O) groups excluding carboxylic acids is 1. The lowest BCUT2D eigenvalue weighted by molar-refractivity contribution is 0.0816. The first-order chi connectivity index (χ1) is 9.07. The molecule has 5 nitrogen and oxygen atoms in total. The number of carbonyl (C=O) groups is 1. The van der Waals surface area contributed by atoms with Gasteiger partial charge in [-0.1, -0.05) is 0 Å². The lowest BCUT2D eigenvalue weighted by Gasteiger charge is -2.25. The van der Waals surface area contributed by atoms with E-state index in [-0.39, 0.29) is 11.5 Å². The molecule has 1 rings (SSSR count). The summed E-state index contributed by atoms with van der Waals surface area (Å²) in [6.07, 6.45) is 0. The number of methoxy groups -OCH3 is 1. The minimum absolute atomic E-state index is 0.216. The van der Waals surface area contributed by atoms with Gasteiger partial charge in [0, 0.05) is 17.8 Å². The van der Waals surface area contributed by atoms with Gasteiger partial charge in [-0.3, -0.25) is 4.79 Å². The van der Waals surface area contributed by atoms with Crippen molar-refractivity contribution in [3.63, 3.8) is 0 Å². The molecular weight excluding hydrogens is 309 g/mol. The molecule has 0 saturated carbocycles. The van der Waals surface area contributed by atoms with E-state index >= 15 is 0 Å². The molecule has 1 amide bonds. The van der Waals surface area contributed by atoms with Crippen molar-refractivity contribution in [2.45, 2.75) is 24.3 Å². The first-order valence-electron chi connectivity index (χ1n) is 5.62. The summed E-state index contributed by atoms with van der Waals surface area (Å²) in [5, 5.41) is 2.55. The van der Waals surface area contributed by atoms with Crippen molar-refractivity contribution in [2.75, 3.05) is 13.7 Å². The highest BCUT2D eigenvalue weighted by atomic mass is 35.7. The van der Waals surface area contributed by atoms with Crippen molar-refractivity contribution >= 4 is 25.6 Å². The molecule has 0 aliphatic carbocycles. The Kier molecular flexibility index (Phi) is 5.12. The van der Waals surface area contributed by atoms with E-state index in [4.69, 9.17) is 15.4 Å². The predicted octanol–water partition coefficient (Wildman–Crippen LogP) is 1.91. The second kappa shape index (κ2) is 6.07. The van der Waals surface area contributed by atoms with Gasteiger partial charge >= 0.3 is 0 Å². The van der Waals surface area contributed by atoms with E-state index in [2.05, 4.69) is 5.32 Å². The highest BCUT2D eigenvalue weighted by Crippen LogP contribution is 2.19. The normalized spacial score (nSPS) is 12.2. The summed E-state index contributed by atoms with van der Waals surface area (Å²) < 4.78 is 41.0. The molecule has 0 saturated heterocycles. The largest absolute Gasteiger partial charge is 0.382 e. The van der Waals surface area contributed by atoms with Crippen LogP contribution in [0.5, 0.6) is 0 Å². The lowest BCUT2D eigenvalue weighted by Crippen LogP contribution is -2.47. The molecule has 1 aromatic carbocycles. The molecule has 8 heteroatoms. The van der Waals surface area contributed by atoms with Crippen LogP contribution in [0, 0.1) is 5.82 Å². The number of ether oxygens (including phenoxy) is 1. The maximum Gasteiger partial charge on any atom is 0.261 e. The van der Waals surface area contributed by atoms with Crippen LogP contribution in [0.3, 0.4) is 0 Å². The van der Waals surface area contributed by atoms with E-state index in [0.29, 0.717) is 0 Å². The fourth-order valence-electron chi connectivity index (χ4n) is 1.60. The molecule has 0 fully saturated rings. The van der Waals surface area contributed by atoms with Gasteiger partial charge in [-0.25, -0.2) is 12.8 Å². The quantitative estimate of drug-likeness (QED) is 0.840. The molecule has 0 aliphatic heterocycles. The molecule has 0 heterocycles. The second-order valence-electron chi connectivity index (χ2n) is 4.85. The molecule has 0 aliphatic rings. The Bertz CT molecular complexity index is 616. The molecule has 0 radical (unpaired) electrons. The maximum atomic E-state index is 13.6. The van der Waals surface area contributed by atoms with Crippen molar-refractivity contribution in [1.82, 2.24) is 5.32 Å². The number of hydrogen-bond donors (Lipinski definition) is 1. The average Bonchev–Trinajstić information content (AvgIpc) is 2.26. The standard InChI is InChI=1S/C12H15ClFNO4S/c1-12(2,7-19-3)15-11(16)9-6-8(20(13,17)18)4-5-10(9)14/h4-6H,7H2,1-3H3,(H,15,16). The van der Waals surface area contributed by atoms with Gasteiger partial charge in [0.25, 0.3) is 15.0 Å². The van der Waals surface area contributed by atoms with Gasteiger partial charge in [0.1, 0.15) is 5.82 Å². The van der Waals surface area contributed by atoms with E-state index in [1.54, 1.807) is 13.8 Å². The molecule has 0 unspecified atom stereocenters. The number of amides is 1. The van der Waals surface area contributed by atoms with Crippen LogP contribution in [0.1, 0.15) is 24.2 Å². The van der Waals surface area contributed by atoms with E-state index in [1.807, 2.05) is 0 Å². The third kappa shape index (κ3) is 4.43. The Labute approximate surface area is 121 Å². The third-order valence-electron chi connectivity index (χ3n) is 2.42. The van der Waals surface area contributed by atoms with Gasteiger partial charge in [-0.15, -0.1) is 0 Å². The molecule has 20 heavy (non-hydrogen) atoms. The van der Waals surface area contributed by atoms with Gasteiger partial charge in [-0.2, -0.15) is 0 Å². The zero-order valence-electron chi connectivity index (χ0n) is 11.2. The molecule has 0 atom stereocenters. The number of halogens is 2. The molecule has 1 aromatic rings. The Morgan fingerprint density at radius 3 is 2.55 bits per heavy atom. The van der Waals surface area contributed by atoms with Gasteiger partial charge < -0.3 is 10.1 Å². The molecule has 0 aromatic heterocycles. The number of benzene rings is 1. The van der Waals surface area contributed by atoms with Crippen LogP contribution in [0.25, 0.3) is 0 Å². The van der Waals surface area contributed by atoms with Crippen LogP contribution >= 0.6 is 10.7 Å². The van der Waals surface area contributed by atoms with Crippen molar-refractivity contribution in [3.05, 3.63) is 29.6 Å². The highest BCUT2D eigenvalue weighted by molar-refractivity contribution is 8.13. The van der Waals surface area contributed by atoms with Crippen molar-refractivity contribution in [3.8, 4) is 0 Å². The third-order valence-corrected chi connectivity index (χ3v) is 3.77. The summed E-state index contributed by atoms with van der Waals surface area (Å²) in [6, 6.07) is 2.78. The SMILES string of the molecule is COCC(C)(C)NC(=O)c1cc(S(=O)(=O)Cl)ccc1F. The first kappa shape index (κ1) is 16.9. The molecule has 112 valence electrons. The fraction of sp³-hybridized carbons (Fsp3) is 0.417. The summed E-state index contributed by atoms with van der Waals surface area (Å²) in [4.78, 5) is 11.7. The van der Waals surface area contributed by atoms with Crippen LogP contribution in [0.15, 0.2) is 23.1 Å². The maximum absolute atomic E-state index is 13.6. The molecule has 1 N–H and O–H groups in total. The van der Waals surface area contributed by atoms with Crippen molar-refractivity contribution < 1.29 is 22.3 Å². The average molecular weight is 324 g/mol. The molecule has 0 bridgehead atoms. The summed E-state index contributed by atoms with van der Waals surface area (Å²) in [5.74, 6) is -1.58. The van der Waals surface area contributed by atoms with Gasteiger partial charge in [0.2, 0.25) is 0 Å². The van der Waals surface area contributed by atoms with Crippen LogP contribution in [-0.4, -0.2) is 33.6 Å². The second-order valence-corrected chi connectivity index (χ2v) is 7.42. The van der Waals surface area contributed by atoms with Crippen molar-refractivity contribution in [1.29, 1.82) is 0 Å². The van der Waals surface area contributed by atoms with Crippen LogP contribution in [0.2, 0.25) is 0 Å². The molecular formula is C12H15ClFNO4S. The number of hydrogen-bond acceptors (Lipinski definition) is 4. The minimum Gasteiger partial charge on any atom is -0.382 e. The van der Waals surface area contributed by atoms with E-state index in [0.717, 1.165) is 18.2 Å². The van der Waals surface area contributed by atoms with E-state index in [9.17, 15) is 17.6 Å². The Balaban J connectivity index is 3.10. The van der Waals surface area contributed by atoms with Crippen molar-refractivity contribution in [2.24, 2.45) is 0 Å². The van der Waals surface area contributed by atoms with E-state index < -0.39 is 31.9 Å². The zero-order valence-corrected chi connectivity index (χ0v) is 12.8. The van der Waals surface area contributed by atoms with Crippen LogP contribution in [0.4, 0.5) is 4.39 Å². The fourth-order valence-corrected chi connectivity index (χ4v) is 2.38. The summed E-state index contributed by atoms with van der Waals surface area (Å²) in [6.45, 7) is 3.59. The lowest BCUT2D eigenvalue weighted by atomic mass is 10.1.